The van der Waals surface area contributed by atoms with Crippen LogP contribution in [-0.2, 0) is 0 Å². The fourth-order valence-electron chi connectivity index (χ4n) is 3.08. The minimum absolute atomic E-state index is 0.635. The van der Waals surface area contributed by atoms with Crippen molar-refractivity contribution in [3.8, 4) is 17.2 Å². The first-order valence-corrected chi connectivity index (χ1v) is 9.35. The maximum Gasteiger partial charge on any atom is 0.127 e. The van der Waals surface area contributed by atoms with Crippen molar-refractivity contribution in [1.29, 1.82) is 0 Å². The molecule has 28 heavy (non-hydrogen) atoms. The van der Waals surface area contributed by atoms with Crippen molar-refractivity contribution in [2.24, 2.45) is 0 Å². The second-order valence-corrected chi connectivity index (χ2v) is 6.49. The molecule has 3 aromatic carbocycles. The van der Waals surface area contributed by atoms with E-state index < -0.39 is 0 Å². The first-order valence-electron chi connectivity index (χ1n) is 9.35. The molecule has 0 atom stereocenters. The lowest BCUT2D eigenvalue weighted by Crippen LogP contribution is -1.96. The second-order valence-electron chi connectivity index (χ2n) is 6.49. The van der Waals surface area contributed by atoms with Crippen molar-refractivity contribution in [3.63, 3.8) is 0 Å². The monoisotopic (exact) mass is 370 g/mol. The second kappa shape index (κ2) is 8.01. The van der Waals surface area contributed by atoms with Gasteiger partial charge in [0.2, 0.25) is 0 Å². The maximum absolute atomic E-state index is 5.86. The largest absolute Gasteiger partial charge is 0.494 e. The molecule has 0 aliphatic heterocycles. The summed E-state index contributed by atoms with van der Waals surface area (Å²) in [5.41, 5.74) is 3.88. The fourth-order valence-corrected chi connectivity index (χ4v) is 3.08. The van der Waals surface area contributed by atoms with E-state index in [2.05, 4.69) is 10.3 Å². The van der Waals surface area contributed by atoms with Crippen LogP contribution in [0.4, 0.5) is 11.4 Å². The first-order chi connectivity index (χ1) is 13.7. The minimum Gasteiger partial charge on any atom is -0.494 e. The van der Waals surface area contributed by atoms with Crippen molar-refractivity contribution >= 4 is 22.3 Å². The highest BCUT2D eigenvalue weighted by atomic mass is 16.5. The van der Waals surface area contributed by atoms with Crippen molar-refractivity contribution < 1.29 is 9.47 Å². The molecule has 0 saturated heterocycles. The summed E-state index contributed by atoms with van der Waals surface area (Å²) in [4.78, 5) is 4.62. The molecule has 0 bridgehead atoms. The van der Waals surface area contributed by atoms with Gasteiger partial charge in [0.1, 0.15) is 17.2 Å². The average Bonchev–Trinajstić information content (AvgIpc) is 2.71. The minimum atomic E-state index is 0.635. The Balaban J connectivity index is 1.59. The number of para-hydroxylation sites is 1. The molecule has 0 fully saturated rings. The molecule has 0 saturated carbocycles. The van der Waals surface area contributed by atoms with Gasteiger partial charge in [-0.2, -0.15) is 0 Å². The highest BCUT2D eigenvalue weighted by Gasteiger charge is 2.07. The number of aryl methyl sites for hydroxylation is 1. The number of pyridine rings is 1. The summed E-state index contributed by atoms with van der Waals surface area (Å²) in [5, 5.41) is 4.53. The summed E-state index contributed by atoms with van der Waals surface area (Å²) in [5.74, 6) is 2.46. The third kappa shape index (κ3) is 4.07. The quantitative estimate of drug-likeness (QED) is 0.422. The van der Waals surface area contributed by atoms with Crippen LogP contribution < -0.4 is 14.8 Å². The summed E-state index contributed by atoms with van der Waals surface area (Å²) in [6.07, 6.45) is 0. The van der Waals surface area contributed by atoms with Gasteiger partial charge in [-0.1, -0.05) is 18.2 Å². The number of hydrogen-bond acceptors (Lipinski definition) is 4. The Morgan fingerprint density at radius 1 is 0.821 bits per heavy atom. The van der Waals surface area contributed by atoms with Crippen molar-refractivity contribution in [2.75, 3.05) is 11.9 Å². The number of nitrogens with one attached hydrogen (secondary N) is 1. The number of anilines is 2. The first kappa shape index (κ1) is 17.9. The van der Waals surface area contributed by atoms with E-state index >= 15 is 0 Å². The predicted molar refractivity (Wildman–Crippen MR) is 114 cm³/mol. The summed E-state index contributed by atoms with van der Waals surface area (Å²) < 4.78 is 11.5. The molecule has 0 aliphatic rings. The molecule has 4 nitrogen and oxygen atoms in total. The average molecular weight is 370 g/mol. The number of benzene rings is 3. The van der Waals surface area contributed by atoms with Crippen LogP contribution in [0.25, 0.3) is 10.9 Å². The molecule has 0 aliphatic carbocycles. The number of rotatable bonds is 6. The van der Waals surface area contributed by atoms with Crippen LogP contribution in [0.5, 0.6) is 17.2 Å². The third-order valence-corrected chi connectivity index (χ3v) is 4.33. The number of hydrogen-bond donors (Lipinski definition) is 1. The molecular weight excluding hydrogens is 348 g/mol. The van der Waals surface area contributed by atoms with E-state index in [4.69, 9.17) is 9.47 Å². The maximum atomic E-state index is 5.86. The van der Waals surface area contributed by atoms with Crippen LogP contribution in [0.3, 0.4) is 0 Å². The zero-order chi connectivity index (χ0) is 19.3. The molecule has 4 heteroatoms. The van der Waals surface area contributed by atoms with E-state index in [0.29, 0.717) is 6.61 Å². The highest BCUT2D eigenvalue weighted by Crippen LogP contribution is 2.30. The SMILES string of the molecule is CCOc1ccc2nc(C)cc(Nc3ccc(Oc4ccccc4)cc3)c2c1. The smallest absolute Gasteiger partial charge is 0.127 e. The van der Waals surface area contributed by atoms with Gasteiger partial charge in [0.15, 0.2) is 0 Å². The topological polar surface area (TPSA) is 43.4 Å². The molecule has 0 radical (unpaired) electrons. The van der Waals surface area contributed by atoms with Crippen LogP contribution in [0.1, 0.15) is 12.6 Å². The Bertz CT molecular complexity index is 1080. The lowest BCUT2D eigenvalue weighted by Gasteiger charge is -2.13. The molecule has 1 heterocycles. The summed E-state index contributed by atoms with van der Waals surface area (Å²) in [6, 6.07) is 25.7. The summed E-state index contributed by atoms with van der Waals surface area (Å²) in [7, 11) is 0. The van der Waals surface area contributed by atoms with Gasteiger partial charge in [-0.15, -0.1) is 0 Å². The lowest BCUT2D eigenvalue weighted by molar-refractivity contribution is 0.340. The Morgan fingerprint density at radius 3 is 2.29 bits per heavy atom. The number of ether oxygens (including phenoxy) is 2. The van der Waals surface area contributed by atoms with Gasteiger partial charge in [-0.05, 0) is 74.5 Å². The zero-order valence-electron chi connectivity index (χ0n) is 16.0. The number of nitrogens with zero attached hydrogens (tertiary/aromatic N) is 1. The van der Waals surface area contributed by atoms with E-state index in [0.717, 1.165) is 45.2 Å². The van der Waals surface area contributed by atoms with Crippen molar-refractivity contribution in [1.82, 2.24) is 4.98 Å². The number of fused-ring (bicyclic) bond motifs is 1. The highest BCUT2D eigenvalue weighted by molar-refractivity contribution is 5.94. The standard InChI is InChI=1S/C24H22N2O2/c1-3-27-21-13-14-23-22(16-21)24(15-17(2)25-23)26-18-9-11-20(12-10-18)28-19-7-5-4-6-8-19/h4-16H,3H2,1-2H3,(H,25,26). The summed E-state index contributed by atoms with van der Waals surface area (Å²) >= 11 is 0. The Labute approximate surface area is 164 Å². The molecular formula is C24H22N2O2. The molecule has 0 amide bonds. The third-order valence-electron chi connectivity index (χ3n) is 4.33. The molecule has 1 aromatic heterocycles. The van der Waals surface area contributed by atoms with E-state index in [9.17, 15) is 0 Å². The van der Waals surface area contributed by atoms with Crippen LogP contribution in [0.15, 0.2) is 78.9 Å². The molecule has 4 rings (SSSR count). The van der Waals surface area contributed by atoms with Gasteiger partial charge in [0, 0.05) is 22.5 Å². The Hall–Kier alpha value is -3.53. The molecule has 4 aromatic rings. The van der Waals surface area contributed by atoms with Crippen molar-refractivity contribution in [3.05, 3.63) is 84.6 Å². The molecule has 0 unspecified atom stereocenters. The molecule has 140 valence electrons. The van der Waals surface area contributed by atoms with Crippen LogP contribution in [0, 0.1) is 6.92 Å². The van der Waals surface area contributed by atoms with Gasteiger partial charge in [-0.25, -0.2) is 0 Å². The molecule has 0 spiro atoms. The number of aromatic nitrogens is 1. The predicted octanol–water partition coefficient (Wildman–Crippen LogP) is 6.48. The Morgan fingerprint density at radius 2 is 1.54 bits per heavy atom. The van der Waals surface area contributed by atoms with E-state index in [1.165, 1.54) is 0 Å². The van der Waals surface area contributed by atoms with Gasteiger partial charge >= 0.3 is 0 Å². The summed E-state index contributed by atoms with van der Waals surface area (Å²) in [6.45, 7) is 4.62. The zero-order valence-corrected chi connectivity index (χ0v) is 16.0. The van der Waals surface area contributed by atoms with E-state index in [1.54, 1.807) is 0 Å². The van der Waals surface area contributed by atoms with Gasteiger partial charge < -0.3 is 14.8 Å². The normalized spacial score (nSPS) is 10.6. The van der Waals surface area contributed by atoms with E-state index in [1.807, 2.05) is 92.7 Å². The van der Waals surface area contributed by atoms with E-state index in [-0.39, 0.29) is 0 Å². The lowest BCUT2D eigenvalue weighted by atomic mass is 10.1. The van der Waals surface area contributed by atoms with Gasteiger partial charge in [-0.3, -0.25) is 4.98 Å². The van der Waals surface area contributed by atoms with Crippen LogP contribution >= 0.6 is 0 Å². The van der Waals surface area contributed by atoms with Gasteiger partial charge in [0.05, 0.1) is 12.1 Å². The van der Waals surface area contributed by atoms with Gasteiger partial charge in [0.25, 0.3) is 0 Å². The van der Waals surface area contributed by atoms with Crippen LogP contribution in [0.2, 0.25) is 0 Å². The molecule has 1 N–H and O–H groups in total. The fraction of sp³-hybridized carbons (Fsp3) is 0.125. The van der Waals surface area contributed by atoms with Crippen LogP contribution in [-0.4, -0.2) is 11.6 Å². The van der Waals surface area contributed by atoms with Crippen molar-refractivity contribution in [2.45, 2.75) is 13.8 Å². The Kier molecular flexibility index (Phi) is 5.11.